The van der Waals surface area contributed by atoms with Gasteiger partial charge < -0.3 is 4.74 Å². The summed E-state index contributed by atoms with van der Waals surface area (Å²) < 4.78 is 5.63. The number of hydrogen-bond acceptors (Lipinski definition) is 1. The molecular weight excluding hydrogens is 316 g/mol. The molecule has 1 nitrogen and oxygen atoms in total. The molecule has 2 aliphatic rings. The molecule has 26 heavy (non-hydrogen) atoms. The summed E-state index contributed by atoms with van der Waals surface area (Å²) in [5, 5.41) is 0. The summed E-state index contributed by atoms with van der Waals surface area (Å²) in [6.45, 7) is 4.46. The molecule has 1 aromatic carbocycles. The normalized spacial score (nSPS) is 29.8. The highest BCUT2D eigenvalue weighted by atomic mass is 16.5. The molecule has 0 radical (unpaired) electrons. The average molecular weight is 355 g/mol. The van der Waals surface area contributed by atoms with Gasteiger partial charge in [0.1, 0.15) is 5.75 Å². The van der Waals surface area contributed by atoms with Gasteiger partial charge in [-0.25, -0.2) is 0 Å². The number of allylic oxidation sites excluding steroid dienone is 1. The van der Waals surface area contributed by atoms with E-state index in [1.807, 2.05) is 6.08 Å². The van der Waals surface area contributed by atoms with Crippen molar-refractivity contribution in [2.24, 2.45) is 17.8 Å². The molecule has 0 amide bonds. The Hall–Kier alpha value is -1.24. The van der Waals surface area contributed by atoms with Crippen molar-refractivity contribution in [3.8, 4) is 5.75 Å². The molecule has 1 heteroatoms. The first kappa shape index (κ1) is 19.5. The minimum Gasteiger partial charge on any atom is -0.465 e. The van der Waals surface area contributed by atoms with E-state index < -0.39 is 0 Å². The van der Waals surface area contributed by atoms with Gasteiger partial charge in [0.05, 0.1) is 6.26 Å². The predicted octanol–water partition coefficient (Wildman–Crippen LogP) is 7.87. The molecule has 0 aromatic heterocycles. The Balaban J connectivity index is 1.44. The largest absolute Gasteiger partial charge is 0.465 e. The molecule has 3 rings (SSSR count). The Labute approximate surface area is 161 Å². The van der Waals surface area contributed by atoms with E-state index in [-0.39, 0.29) is 0 Å². The molecule has 0 atom stereocenters. The van der Waals surface area contributed by atoms with Gasteiger partial charge in [0.2, 0.25) is 0 Å². The van der Waals surface area contributed by atoms with Crippen LogP contribution in [0.1, 0.15) is 96.0 Å². The van der Waals surface area contributed by atoms with Crippen molar-refractivity contribution in [3.05, 3.63) is 42.2 Å². The zero-order valence-corrected chi connectivity index (χ0v) is 17.0. The number of rotatable bonds is 7. The second-order valence-electron chi connectivity index (χ2n) is 8.65. The fourth-order valence-corrected chi connectivity index (χ4v) is 5.32. The topological polar surface area (TPSA) is 9.23 Å². The van der Waals surface area contributed by atoms with E-state index in [2.05, 4.69) is 38.1 Å². The molecule has 144 valence electrons. The lowest BCUT2D eigenvalue weighted by Crippen LogP contribution is -2.25. The van der Waals surface area contributed by atoms with Crippen LogP contribution in [0.3, 0.4) is 0 Å². The zero-order valence-electron chi connectivity index (χ0n) is 17.0. The maximum absolute atomic E-state index is 5.63. The van der Waals surface area contributed by atoms with Gasteiger partial charge >= 0.3 is 0 Å². The van der Waals surface area contributed by atoms with Crippen molar-refractivity contribution in [2.45, 2.75) is 90.4 Å². The van der Waals surface area contributed by atoms with E-state index in [0.29, 0.717) is 0 Å². The fraction of sp³-hybridized carbons (Fsp3) is 0.680. The van der Waals surface area contributed by atoms with Crippen molar-refractivity contribution in [1.82, 2.24) is 0 Å². The SMILES string of the molecule is CCC=COc1ccc([C@H]2CC[C@H]([C@H]3CC[C@H](CCC)CC3)CC2)cc1. The molecule has 0 spiro atoms. The summed E-state index contributed by atoms with van der Waals surface area (Å²) >= 11 is 0. The quantitative estimate of drug-likeness (QED) is 0.453. The van der Waals surface area contributed by atoms with Gasteiger partial charge in [0.15, 0.2) is 0 Å². The molecule has 2 saturated carbocycles. The van der Waals surface area contributed by atoms with Crippen LogP contribution in [-0.2, 0) is 0 Å². The van der Waals surface area contributed by atoms with E-state index in [1.165, 1.54) is 69.8 Å². The fourth-order valence-electron chi connectivity index (χ4n) is 5.32. The van der Waals surface area contributed by atoms with Crippen LogP contribution >= 0.6 is 0 Å². The monoisotopic (exact) mass is 354 g/mol. The molecule has 0 bridgehead atoms. The molecular formula is C25H38O. The first-order valence-corrected chi connectivity index (χ1v) is 11.2. The van der Waals surface area contributed by atoms with Crippen LogP contribution in [0.25, 0.3) is 0 Å². The summed E-state index contributed by atoms with van der Waals surface area (Å²) in [4.78, 5) is 0. The van der Waals surface area contributed by atoms with E-state index in [1.54, 1.807) is 6.26 Å². The molecule has 2 aliphatic carbocycles. The Bertz CT molecular complexity index is 528. The smallest absolute Gasteiger partial charge is 0.126 e. The van der Waals surface area contributed by atoms with E-state index in [9.17, 15) is 0 Å². The lowest BCUT2D eigenvalue weighted by Gasteiger charge is -2.38. The Morgan fingerprint density at radius 3 is 2.04 bits per heavy atom. The van der Waals surface area contributed by atoms with Crippen molar-refractivity contribution >= 4 is 0 Å². The summed E-state index contributed by atoms with van der Waals surface area (Å²) in [5.41, 5.74) is 1.52. The van der Waals surface area contributed by atoms with Crippen molar-refractivity contribution in [3.63, 3.8) is 0 Å². The molecule has 0 aliphatic heterocycles. The van der Waals surface area contributed by atoms with Crippen molar-refractivity contribution < 1.29 is 4.74 Å². The summed E-state index contributed by atoms with van der Waals surface area (Å²) in [6, 6.07) is 8.85. The highest BCUT2D eigenvalue weighted by Crippen LogP contribution is 2.44. The van der Waals surface area contributed by atoms with Crippen molar-refractivity contribution in [1.29, 1.82) is 0 Å². The molecule has 2 fully saturated rings. The Kier molecular flexibility index (Phi) is 7.65. The van der Waals surface area contributed by atoms with Crippen LogP contribution in [0.15, 0.2) is 36.6 Å². The number of hydrogen-bond donors (Lipinski definition) is 0. The van der Waals surface area contributed by atoms with Gasteiger partial charge in [-0.1, -0.05) is 51.7 Å². The van der Waals surface area contributed by atoms with Crippen LogP contribution in [-0.4, -0.2) is 0 Å². The molecule has 0 N–H and O–H groups in total. The maximum atomic E-state index is 5.63. The third kappa shape index (κ3) is 5.38. The van der Waals surface area contributed by atoms with Crippen LogP contribution in [0.4, 0.5) is 0 Å². The van der Waals surface area contributed by atoms with Gasteiger partial charge in [-0.05, 0) is 92.4 Å². The van der Waals surface area contributed by atoms with Crippen molar-refractivity contribution in [2.75, 3.05) is 0 Å². The number of benzene rings is 1. The second kappa shape index (κ2) is 10.2. The van der Waals surface area contributed by atoms with Gasteiger partial charge in [-0.2, -0.15) is 0 Å². The molecule has 0 saturated heterocycles. The minimum absolute atomic E-state index is 0.767. The van der Waals surface area contributed by atoms with E-state index >= 15 is 0 Å². The first-order chi connectivity index (χ1) is 12.8. The van der Waals surface area contributed by atoms with E-state index in [0.717, 1.165) is 35.8 Å². The van der Waals surface area contributed by atoms with E-state index in [4.69, 9.17) is 4.74 Å². The highest BCUT2D eigenvalue weighted by Gasteiger charge is 2.31. The van der Waals surface area contributed by atoms with Gasteiger partial charge in [-0.15, -0.1) is 0 Å². The number of ether oxygens (including phenoxy) is 1. The van der Waals surface area contributed by atoms with Gasteiger partial charge in [0, 0.05) is 0 Å². The minimum atomic E-state index is 0.767. The van der Waals surface area contributed by atoms with Crippen LogP contribution in [0.5, 0.6) is 5.75 Å². The molecule has 0 heterocycles. The second-order valence-corrected chi connectivity index (χ2v) is 8.65. The summed E-state index contributed by atoms with van der Waals surface area (Å²) in [6.07, 6.45) is 19.4. The average Bonchev–Trinajstić information content (AvgIpc) is 2.70. The molecule has 0 unspecified atom stereocenters. The summed E-state index contributed by atoms with van der Waals surface area (Å²) in [5.74, 6) is 4.81. The molecule has 1 aromatic rings. The Morgan fingerprint density at radius 2 is 1.46 bits per heavy atom. The standard InChI is InChI=1S/C25H38O/c1-3-5-19-26-25-17-15-24(16-18-25)23-13-11-22(12-14-23)21-9-7-20(6-4-2)8-10-21/h5,15-23H,3-4,6-14H2,1-2H3/t20-,21-,22-,23-. The van der Waals surface area contributed by atoms with Crippen LogP contribution < -0.4 is 4.74 Å². The lowest BCUT2D eigenvalue weighted by molar-refractivity contribution is 0.156. The van der Waals surface area contributed by atoms with Crippen LogP contribution in [0, 0.1) is 17.8 Å². The van der Waals surface area contributed by atoms with Crippen LogP contribution in [0.2, 0.25) is 0 Å². The maximum Gasteiger partial charge on any atom is 0.126 e. The third-order valence-electron chi connectivity index (χ3n) is 6.91. The van der Waals surface area contributed by atoms with Gasteiger partial charge in [0.25, 0.3) is 0 Å². The third-order valence-corrected chi connectivity index (χ3v) is 6.91. The zero-order chi connectivity index (χ0) is 18.2. The highest BCUT2D eigenvalue weighted by molar-refractivity contribution is 5.30. The summed E-state index contributed by atoms with van der Waals surface area (Å²) in [7, 11) is 0. The lowest BCUT2D eigenvalue weighted by atomic mass is 9.68. The van der Waals surface area contributed by atoms with Gasteiger partial charge in [-0.3, -0.25) is 0 Å². The Morgan fingerprint density at radius 1 is 0.846 bits per heavy atom. The predicted molar refractivity (Wildman–Crippen MR) is 112 cm³/mol. The first-order valence-electron chi connectivity index (χ1n) is 11.2.